The molecule has 5 heteroatoms. The minimum absolute atomic E-state index is 0.0121. The van der Waals surface area contributed by atoms with E-state index in [4.69, 9.17) is 0 Å². The summed E-state index contributed by atoms with van der Waals surface area (Å²) in [5.41, 5.74) is 2.11. The van der Waals surface area contributed by atoms with Crippen molar-refractivity contribution in [2.75, 3.05) is 5.32 Å². The lowest BCUT2D eigenvalue weighted by Crippen LogP contribution is -2.22. The first kappa shape index (κ1) is 17.2. The van der Waals surface area contributed by atoms with Gasteiger partial charge in [0, 0.05) is 17.0 Å². The van der Waals surface area contributed by atoms with Crippen LogP contribution in [0.2, 0.25) is 0 Å². The molecule has 23 heavy (non-hydrogen) atoms. The molecule has 0 heterocycles. The van der Waals surface area contributed by atoms with E-state index in [0.29, 0.717) is 17.0 Å². The number of ketones is 1. The van der Waals surface area contributed by atoms with Crippen molar-refractivity contribution in [1.82, 2.24) is 0 Å². The lowest BCUT2D eigenvalue weighted by Gasteiger charge is -2.12. The molecule has 0 fully saturated rings. The van der Waals surface area contributed by atoms with Gasteiger partial charge in [-0.1, -0.05) is 12.1 Å². The summed E-state index contributed by atoms with van der Waals surface area (Å²) < 4.78 is 13.1. The molecule has 0 aliphatic carbocycles. The van der Waals surface area contributed by atoms with Crippen LogP contribution >= 0.6 is 11.8 Å². The van der Waals surface area contributed by atoms with Crippen LogP contribution in [0.3, 0.4) is 0 Å². The van der Waals surface area contributed by atoms with Crippen molar-refractivity contribution in [3.05, 3.63) is 65.5 Å². The number of halogens is 1. The molecule has 0 radical (unpaired) electrons. The van der Waals surface area contributed by atoms with Gasteiger partial charge in [-0.3, -0.25) is 9.59 Å². The van der Waals surface area contributed by atoms with Crippen LogP contribution < -0.4 is 5.32 Å². The highest BCUT2D eigenvalue weighted by Crippen LogP contribution is 2.20. The van der Waals surface area contributed by atoms with Crippen LogP contribution in [0, 0.1) is 5.82 Å². The molecule has 2 aromatic rings. The number of carbonyl (C=O) groups is 2. The Morgan fingerprint density at radius 1 is 1.17 bits per heavy atom. The number of nitrogens with one attached hydrogen (secondary N) is 1. The third-order valence-electron chi connectivity index (χ3n) is 3.32. The summed E-state index contributed by atoms with van der Waals surface area (Å²) in [6.07, 6.45) is 0. The van der Waals surface area contributed by atoms with Crippen molar-refractivity contribution < 1.29 is 14.0 Å². The Balaban J connectivity index is 1.88. The van der Waals surface area contributed by atoms with Crippen LogP contribution in [-0.2, 0) is 10.5 Å². The molecule has 120 valence electrons. The van der Waals surface area contributed by atoms with Crippen molar-refractivity contribution in [1.29, 1.82) is 0 Å². The van der Waals surface area contributed by atoms with Crippen molar-refractivity contribution in [3.63, 3.8) is 0 Å². The first-order valence-corrected chi connectivity index (χ1v) is 8.28. The predicted octanol–water partition coefficient (Wildman–Crippen LogP) is 4.29. The van der Waals surface area contributed by atoms with Gasteiger partial charge in [-0.25, -0.2) is 4.39 Å². The number of rotatable bonds is 6. The Morgan fingerprint density at radius 2 is 1.87 bits per heavy atom. The highest BCUT2D eigenvalue weighted by Gasteiger charge is 2.14. The van der Waals surface area contributed by atoms with Gasteiger partial charge in [0.25, 0.3) is 0 Å². The monoisotopic (exact) mass is 331 g/mol. The van der Waals surface area contributed by atoms with Crippen molar-refractivity contribution in [2.24, 2.45) is 0 Å². The second-order valence-corrected chi connectivity index (χ2v) is 6.54. The van der Waals surface area contributed by atoms with Crippen molar-refractivity contribution >= 4 is 29.1 Å². The summed E-state index contributed by atoms with van der Waals surface area (Å²) in [5.74, 6) is 0.157. The molecule has 1 N–H and O–H groups in total. The van der Waals surface area contributed by atoms with E-state index in [-0.39, 0.29) is 22.8 Å². The summed E-state index contributed by atoms with van der Waals surface area (Å²) in [6.45, 7) is 3.31. The van der Waals surface area contributed by atoms with Crippen LogP contribution in [0.4, 0.5) is 10.1 Å². The molecular formula is C18H18FNO2S. The molecule has 0 aliphatic rings. The van der Waals surface area contributed by atoms with E-state index >= 15 is 0 Å². The Hall–Kier alpha value is -2.14. The largest absolute Gasteiger partial charge is 0.325 e. The fourth-order valence-corrected chi connectivity index (χ4v) is 2.79. The maximum atomic E-state index is 13.1. The van der Waals surface area contributed by atoms with Gasteiger partial charge in [0.2, 0.25) is 5.91 Å². The minimum atomic E-state index is -0.272. The SMILES string of the molecule is CC(=O)c1ccc(NC(=O)C(C)SCc2cccc(F)c2)cc1. The molecule has 1 amide bonds. The average Bonchev–Trinajstić information content (AvgIpc) is 2.53. The quantitative estimate of drug-likeness (QED) is 0.803. The number of hydrogen-bond donors (Lipinski definition) is 1. The van der Waals surface area contributed by atoms with E-state index in [2.05, 4.69) is 5.32 Å². The summed E-state index contributed by atoms with van der Waals surface area (Å²) in [4.78, 5) is 23.4. The van der Waals surface area contributed by atoms with Crippen LogP contribution in [0.25, 0.3) is 0 Å². The Bertz CT molecular complexity index is 700. The van der Waals surface area contributed by atoms with E-state index < -0.39 is 0 Å². The van der Waals surface area contributed by atoms with E-state index in [1.807, 2.05) is 13.0 Å². The van der Waals surface area contributed by atoms with E-state index in [1.54, 1.807) is 30.3 Å². The topological polar surface area (TPSA) is 46.2 Å². The Morgan fingerprint density at radius 3 is 2.48 bits per heavy atom. The molecular weight excluding hydrogens is 313 g/mol. The van der Waals surface area contributed by atoms with E-state index in [0.717, 1.165) is 5.56 Å². The lowest BCUT2D eigenvalue weighted by molar-refractivity contribution is -0.115. The lowest BCUT2D eigenvalue weighted by atomic mass is 10.1. The summed E-state index contributed by atoms with van der Waals surface area (Å²) in [7, 11) is 0. The standard InChI is InChI=1S/C18H18FNO2S/c1-12(21)15-6-8-17(9-7-15)20-18(22)13(2)23-11-14-4-3-5-16(19)10-14/h3-10,13H,11H2,1-2H3,(H,20,22). The second-order valence-electron chi connectivity index (χ2n) is 5.21. The molecule has 3 nitrogen and oxygen atoms in total. The van der Waals surface area contributed by atoms with E-state index in [1.165, 1.54) is 30.8 Å². The van der Waals surface area contributed by atoms with Gasteiger partial charge >= 0.3 is 0 Å². The van der Waals surface area contributed by atoms with Crippen LogP contribution in [0.5, 0.6) is 0 Å². The van der Waals surface area contributed by atoms with Crippen LogP contribution in [-0.4, -0.2) is 16.9 Å². The fraction of sp³-hybridized carbons (Fsp3) is 0.222. The van der Waals surface area contributed by atoms with E-state index in [9.17, 15) is 14.0 Å². The van der Waals surface area contributed by atoms with Gasteiger partial charge in [-0.05, 0) is 55.8 Å². The average molecular weight is 331 g/mol. The van der Waals surface area contributed by atoms with Gasteiger partial charge in [-0.15, -0.1) is 11.8 Å². The highest BCUT2D eigenvalue weighted by atomic mass is 32.2. The molecule has 2 aromatic carbocycles. The third kappa shape index (κ3) is 5.21. The highest BCUT2D eigenvalue weighted by molar-refractivity contribution is 7.99. The molecule has 0 saturated carbocycles. The van der Waals surface area contributed by atoms with Gasteiger partial charge in [-0.2, -0.15) is 0 Å². The molecule has 0 aliphatic heterocycles. The van der Waals surface area contributed by atoms with Gasteiger partial charge in [0.05, 0.1) is 5.25 Å². The second kappa shape index (κ2) is 7.92. The first-order valence-electron chi connectivity index (χ1n) is 7.23. The maximum Gasteiger partial charge on any atom is 0.237 e. The van der Waals surface area contributed by atoms with Gasteiger partial charge in [0.15, 0.2) is 5.78 Å². The first-order chi connectivity index (χ1) is 11.0. The van der Waals surface area contributed by atoms with Crippen LogP contribution in [0.15, 0.2) is 48.5 Å². The number of benzene rings is 2. The number of Topliss-reactive ketones (excluding diaryl/α,β-unsaturated/α-hetero) is 1. The van der Waals surface area contributed by atoms with Crippen LogP contribution in [0.1, 0.15) is 29.8 Å². The number of anilines is 1. The minimum Gasteiger partial charge on any atom is -0.325 e. The predicted molar refractivity (Wildman–Crippen MR) is 92.2 cm³/mol. The molecule has 0 spiro atoms. The summed E-state index contributed by atoms with van der Waals surface area (Å²) >= 11 is 1.44. The number of hydrogen-bond acceptors (Lipinski definition) is 3. The zero-order chi connectivity index (χ0) is 16.8. The number of carbonyl (C=O) groups excluding carboxylic acids is 2. The molecule has 0 aromatic heterocycles. The molecule has 1 atom stereocenters. The zero-order valence-electron chi connectivity index (χ0n) is 13.0. The normalized spacial score (nSPS) is 11.8. The number of amides is 1. The van der Waals surface area contributed by atoms with Gasteiger partial charge < -0.3 is 5.32 Å². The zero-order valence-corrected chi connectivity index (χ0v) is 13.8. The molecule has 0 bridgehead atoms. The molecule has 2 rings (SSSR count). The summed E-state index contributed by atoms with van der Waals surface area (Å²) in [6, 6.07) is 13.1. The Kier molecular flexibility index (Phi) is 5.93. The van der Waals surface area contributed by atoms with Crippen molar-refractivity contribution in [3.8, 4) is 0 Å². The molecule has 0 saturated heterocycles. The molecule has 1 unspecified atom stereocenters. The fourth-order valence-electron chi connectivity index (χ4n) is 1.96. The summed E-state index contributed by atoms with van der Waals surface area (Å²) in [5, 5.41) is 2.54. The van der Waals surface area contributed by atoms with Gasteiger partial charge in [0.1, 0.15) is 5.82 Å². The third-order valence-corrected chi connectivity index (χ3v) is 4.53. The number of thioether (sulfide) groups is 1. The maximum absolute atomic E-state index is 13.1. The smallest absolute Gasteiger partial charge is 0.237 e. The Labute approximate surface area is 139 Å². The van der Waals surface area contributed by atoms with Crippen molar-refractivity contribution in [2.45, 2.75) is 24.9 Å².